The quantitative estimate of drug-likeness (QED) is 0.558. The summed E-state index contributed by atoms with van der Waals surface area (Å²) >= 11 is 0. The maximum atomic E-state index is 2.20. The van der Waals surface area contributed by atoms with E-state index in [1.807, 2.05) is 6.07 Å². The minimum absolute atomic E-state index is 0. The Morgan fingerprint density at radius 1 is 0.909 bits per heavy atom. The van der Waals surface area contributed by atoms with E-state index in [0.29, 0.717) is 5.92 Å². The van der Waals surface area contributed by atoms with Gasteiger partial charge in [-0.1, -0.05) is 44.2 Å². The number of rotatable bonds is 1. The van der Waals surface area contributed by atoms with Gasteiger partial charge >= 0.3 is 59.1 Å². The van der Waals surface area contributed by atoms with Gasteiger partial charge in [0.1, 0.15) is 0 Å². The van der Waals surface area contributed by atoms with Gasteiger partial charge in [0.2, 0.25) is 0 Å². The summed E-state index contributed by atoms with van der Waals surface area (Å²) < 4.78 is 0. The van der Waals surface area contributed by atoms with Crippen molar-refractivity contribution in [3.05, 3.63) is 35.9 Å². The fraction of sp³-hybridized carbons (Fsp3) is 0.333. The molecule has 1 aromatic carbocycles. The van der Waals surface area contributed by atoms with Crippen molar-refractivity contribution >= 4 is 59.1 Å². The van der Waals surface area contributed by atoms with E-state index in [1.165, 1.54) is 5.56 Å². The van der Waals surface area contributed by atoms with Crippen molar-refractivity contribution in [3.8, 4) is 0 Å². The summed E-state index contributed by atoms with van der Waals surface area (Å²) in [6.07, 6.45) is 0. The molecule has 0 bridgehead atoms. The van der Waals surface area contributed by atoms with Crippen LogP contribution >= 0.6 is 0 Å². The third kappa shape index (κ3) is 5.46. The Kier molecular flexibility index (Phi) is 10.5. The van der Waals surface area contributed by atoms with Crippen molar-refractivity contribution in [1.82, 2.24) is 0 Å². The van der Waals surface area contributed by atoms with Gasteiger partial charge in [0, 0.05) is 0 Å². The Balaban J connectivity index is 0. The molecule has 0 saturated heterocycles. The van der Waals surface area contributed by atoms with Gasteiger partial charge in [-0.15, -0.1) is 0 Å². The molecule has 0 atom stereocenters. The molecule has 0 aliphatic carbocycles. The molecule has 0 aliphatic heterocycles. The van der Waals surface area contributed by atoms with Gasteiger partial charge in [0.05, 0.1) is 0 Å². The van der Waals surface area contributed by atoms with Gasteiger partial charge in [0.15, 0.2) is 0 Å². The third-order valence-corrected chi connectivity index (χ3v) is 1.47. The molecule has 0 amide bonds. The molecule has 0 fully saturated rings. The second kappa shape index (κ2) is 7.85. The normalized spacial score (nSPS) is 8.27. The summed E-state index contributed by atoms with van der Waals surface area (Å²) in [7, 11) is 0. The van der Waals surface area contributed by atoms with E-state index in [2.05, 4.69) is 38.1 Å². The molecular weight excluding hydrogens is 154 g/mol. The van der Waals surface area contributed by atoms with Crippen LogP contribution in [0.3, 0.4) is 0 Å². The van der Waals surface area contributed by atoms with Crippen LogP contribution in [0.4, 0.5) is 0 Å². The summed E-state index contributed by atoms with van der Waals surface area (Å²) in [5.74, 6) is 0.659. The molecule has 11 heavy (non-hydrogen) atoms. The molecule has 1 aromatic rings. The summed E-state index contributed by atoms with van der Waals surface area (Å²) in [6, 6.07) is 10.5. The first-order valence-electron chi connectivity index (χ1n) is 3.35. The molecule has 0 N–H and O–H groups in total. The van der Waals surface area contributed by atoms with Crippen molar-refractivity contribution in [2.75, 3.05) is 0 Å². The van der Waals surface area contributed by atoms with E-state index in [9.17, 15) is 0 Å². The Hall–Kier alpha value is 1.22. The maximum absolute atomic E-state index is 2.20. The van der Waals surface area contributed by atoms with Gasteiger partial charge < -0.3 is 0 Å². The van der Waals surface area contributed by atoms with Gasteiger partial charge in [-0.05, 0) is 11.5 Å². The predicted molar refractivity (Wildman–Crippen MR) is 54.8 cm³/mol. The van der Waals surface area contributed by atoms with Crippen LogP contribution < -0.4 is 0 Å². The number of benzene rings is 1. The van der Waals surface area contributed by atoms with Crippen LogP contribution in [0.5, 0.6) is 0 Å². The summed E-state index contributed by atoms with van der Waals surface area (Å²) in [5.41, 5.74) is 1.41. The summed E-state index contributed by atoms with van der Waals surface area (Å²) in [5, 5.41) is 0. The van der Waals surface area contributed by atoms with Gasteiger partial charge in [-0.3, -0.25) is 0 Å². The molecule has 0 aliphatic rings. The second-order valence-corrected chi connectivity index (χ2v) is 2.57. The van der Waals surface area contributed by atoms with E-state index in [-0.39, 0.29) is 59.1 Å². The van der Waals surface area contributed by atoms with Crippen molar-refractivity contribution in [3.63, 3.8) is 0 Å². The van der Waals surface area contributed by atoms with Crippen molar-refractivity contribution in [1.29, 1.82) is 0 Å². The zero-order chi connectivity index (χ0) is 6.69. The molecule has 52 valence electrons. The van der Waals surface area contributed by atoms with Crippen LogP contribution in [-0.4, -0.2) is 59.1 Å². The van der Waals surface area contributed by atoms with Crippen LogP contribution in [0.2, 0.25) is 0 Å². The fourth-order valence-corrected chi connectivity index (χ4v) is 0.838. The van der Waals surface area contributed by atoms with E-state index in [4.69, 9.17) is 0 Å². The van der Waals surface area contributed by atoms with Gasteiger partial charge in [-0.25, -0.2) is 0 Å². The van der Waals surface area contributed by atoms with Gasteiger partial charge in [-0.2, -0.15) is 0 Å². The molecule has 1 rings (SSSR count). The Labute approximate surface area is 113 Å². The van der Waals surface area contributed by atoms with Crippen LogP contribution in [0, 0.1) is 0 Å². The van der Waals surface area contributed by atoms with Crippen LogP contribution in [0.15, 0.2) is 30.3 Å². The Bertz CT molecular complexity index is 170. The Morgan fingerprint density at radius 3 is 1.64 bits per heavy atom. The van der Waals surface area contributed by atoms with Crippen LogP contribution in [-0.2, 0) is 0 Å². The van der Waals surface area contributed by atoms with E-state index in [0.717, 1.165) is 0 Å². The first-order valence-corrected chi connectivity index (χ1v) is 3.35. The number of hydrogen-bond donors (Lipinski definition) is 0. The minimum atomic E-state index is 0. The zero-order valence-electron chi connectivity index (χ0n) is 5.96. The van der Waals surface area contributed by atoms with Crippen LogP contribution in [0.1, 0.15) is 25.3 Å². The molecule has 0 radical (unpaired) electrons. The van der Waals surface area contributed by atoms with Gasteiger partial charge in [0.25, 0.3) is 0 Å². The molecule has 2 heteroatoms. The van der Waals surface area contributed by atoms with Crippen molar-refractivity contribution in [2.45, 2.75) is 19.8 Å². The monoisotopic (exact) mass is 168 g/mol. The summed E-state index contributed by atoms with van der Waals surface area (Å²) in [6.45, 7) is 4.41. The second-order valence-electron chi connectivity index (χ2n) is 2.57. The van der Waals surface area contributed by atoms with E-state index < -0.39 is 0 Å². The zero-order valence-corrected chi connectivity index (χ0v) is 5.96. The summed E-state index contributed by atoms with van der Waals surface area (Å²) in [4.78, 5) is 0. The molecule has 0 nitrogen and oxygen atoms in total. The molecular formula is C9H14Na2. The van der Waals surface area contributed by atoms with Crippen LogP contribution in [0.25, 0.3) is 0 Å². The first-order chi connectivity index (χ1) is 4.30. The van der Waals surface area contributed by atoms with E-state index >= 15 is 0 Å². The predicted octanol–water partition coefficient (Wildman–Crippen LogP) is 1.51. The average Bonchev–Trinajstić information content (AvgIpc) is 1.90. The Morgan fingerprint density at radius 2 is 1.36 bits per heavy atom. The fourth-order valence-electron chi connectivity index (χ4n) is 0.838. The van der Waals surface area contributed by atoms with E-state index in [1.54, 1.807) is 0 Å². The van der Waals surface area contributed by atoms with Crippen molar-refractivity contribution < 1.29 is 0 Å². The third-order valence-electron chi connectivity index (χ3n) is 1.47. The SMILES string of the molecule is CC(C)c1ccccc1.[NaH].[NaH]. The molecule has 0 unspecified atom stereocenters. The molecule has 0 spiro atoms. The average molecular weight is 168 g/mol. The molecule has 0 aromatic heterocycles. The molecule has 0 heterocycles. The molecule has 0 saturated carbocycles. The topological polar surface area (TPSA) is 0 Å². The first kappa shape index (κ1) is 14.7. The standard InChI is InChI=1S/C9H12.2Na.2H/c1-8(2)9-6-4-3-5-7-9;;;;/h3-8H,1-2H3;;;;. The number of hydrogen-bond acceptors (Lipinski definition) is 0. The van der Waals surface area contributed by atoms with Crippen molar-refractivity contribution in [2.24, 2.45) is 0 Å².